The fourth-order valence-corrected chi connectivity index (χ4v) is 3.32. The van der Waals surface area contributed by atoms with Crippen molar-refractivity contribution in [3.05, 3.63) is 30.4 Å². The van der Waals surface area contributed by atoms with Gasteiger partial charge in [0, 0.05) is 27.3 Å². The molecule has 0 amide bonds. The number of rotatable bonds is 10. The van der Waals surface area contributed by atoms with Gasteiger partial charge in [-0.25, -0.2) is 4.98 Å². The van der Waals surface area contributed by atoms with Gasteiger partial charge in [-0.3, -0.25) is 4.98 Å². The summed E-state index contributed by atoms with van der Waals surface area (Å²) in [7, 11) is 0.582. The lowest BCUT2D eigenvalue weighted by Crippen LogP contribution is -2.22. The fourth-order valence-electron chi connectivity index (χ4n) is 2.56. The topological polar surface area (TPSA) is 49.2 Å². The summed E-state index contributed by atoms with van der Waals surface area (Å²) in [6.07, 6.45) is 6.88. The van der Waals surface area contributed by atoms with Crippen molar-refractivity contribution in [1.82, 2.24) is 14.5 Å². The summed E-state index contributed by atoms with van der Waals surface area (Å²) in [5.41, 5.74) is 1.77. The van der Waals surface area contributed by atoms with Crippen molar-refractivity contribution in [2.75, 3.05) is 13.7 Å². The second-order valence-corrected chi connectivity index (χ2v) is 13.1. The molecular weight excluding hydrogens is 330 g/mol. The average Bonchev–Trinajstić information content (AvgIpc) is 2.98. The molecule has 0 saturated carbocycles. The SMILES string of the molecule is CCCCc1ncc(-c2ncccc2OC)n1COCC[Si](C)(C)C. The van der Waals surface area contributed by atoms with Gasteiger partial charge in [0.1, 0.15) is 24.0 Å². The highest BCUT2D eigenvalue weighted by Crippen LogP contribution is 2.28. The van der Waals surface area contributed by atoms with Gasteiger partial charge in [0.05, 0.1) is 19.0 Å². The molecule has 2 aromatic heterocycles. The molecule has 0 bridgehead atoms. The Morgan fingerprint density at radius 3 is 2.68 bits per heavy atom. The van der Waals surface area contributed by atoms with E-state index in [0.29, 0.717) is 6.73 Å². The number of imidazole rings is 1. The van der Waals surface area contributed by atoms with Gasteiger partial charge in [0.15, 0.2) is 0 Å². The molecule has 0 spiro atoms. The van der Waals surface area contributed by atoms with E-state index in [1.54, 1.807) is 13.3 Å². The first kappa shape index (κ1) is 19.7. The highest BCUT2D eigenvalue weighted by atomic mass is 28.3. The van der Waals surface area contributed by atoms with Crippen molar-refractivity contribution in [2.45, 2.75) is 58.6 Å². The number of hydrogen-bond donors (Lipinski definition) is 0. The maximum absolute atomic E-state index is 6.00. The molecule has 0 fully saturated rings. The largest absolute Gasteiger partial charge is 0.494 e. The van der Waals surface area contributed by atoms with Gasteiger partial charge in [-0.2, -0.15) is 0 Å². The van der Waals surface area contributed by atoms with E-state index in [1.165, 1.54) is 0 Å². The van der Waals surface area contributed by atoms with Crippen molar-refractivity contribution in [3.63, 3.8) is 0 Å². The number of aryl methyl sites for hydroxylation is 1. The Morgan fingerprint density at radius 1 is 1.20 bits per heavy atom. The Morgan fingerprint density at radius 2 is 2.00 bits per heavy atom. The normalized spacial score (nSPS) is 11.7. The summed E-state index contributed by atoms with van der Waals surface area (Å²) in [4.78, 5) is 9.14. The van der Waals surface area contributed by atoms with Crippen LogP contribution in [0.15, 0.2) is 24.5 Å². The van der Waals surface area contributed by atoms with Crippen LogP contribution in [-0.4, -0.2) is 36.3 Å². The molecule has 2 heterocycles. The van der Waals surface area contributed by atoms with Crippen LogP contribution in [0, 0.1) is 0 Å². The van der Waals surface area contributed by atoms with Crippen LogP contribution in [0.3, 0.4) is 0 Å². The predicted octanol–water partition coefficient (Wildman–Crippen LogP) is 4.61. The summed E-state index contributed by atoms with van der Waals surface area (Å²) in [5.74, 6) is 1.81. The summed E-state index contributed by atoms with van der Waals surface area (Å²) in [5, 5.41) is 0. The van der Waals surface area contributed by atoms with E-state index < -0.39 is 8.07 Å². The van der Waals surface area contributed by atoms with E-state index in [0.717, 1.165) is 54.9 Å². The lowest BCUT2D eigenvalue weighted by molar-refractivity contribution is 0.0861. The molecule has 0 atom stereocenters. The van der Waals surface area contributed by atoms with Crippen LogP contribution in [-0.2, 0) is 17.9 Å². The molecule has 0 aromatic carbocycles. The van der Waals surface area contributed by atoms with E-state index in [9.17, 15) is 0 Å². The number of unbranched alkanes of at least 4 members (excludes halogenated alkanes) is 1. The lowest BCUT2D eigenvalue weighted by Gasteiger charge is -2.17. The first-order chi connectivity index (χ1) is 12.0. The van der Waals surface area contributed by atoms with Crippen molar-refractivity contribution in [1.29, 1.82) is 0 Å². The average molecular weight is 362 g/mol. The van der Waals surface area contributed by atoms with Gasteiger partial charge in [0.25, 0.3) is 0 Å². The maximum atomic E-state index is 6.00. The van der Waals surface area contributed by atoms with Gasteiger partial charge in [-0.15, -0.1) is 0 Å². The molecule has 5 nitrogen and oxygen atoms in total. The molecule has 2 rings (SSSR count). The Labute approximate surface area is 152 Å². The molecule has 0 aliphatic heterocycles. The van der Waals surface area contributed by atoms with Gasteiger partial charge < -0.3 is 14.0 Å². The smallest absolute Gasteiger partial charge is 0.146 e. The highest BCUT2D eigenvalue weighted by molar-refractivity contribution is 6.76. The number of methoxy groups -OCH3 is 1. The fraction of sp³-hybridized carbons (Fsp3) is 0.579. The van der Waals surface area contributed by atoms with E-state index in [2.05, 4.69) is 41.1 Å². The summed E-state index contributed by atoms with van der Waals surface area (Å²) in [6.45, 7) is 10.6. The Bertz CT molecular complexity index is 665. The molecule has 0 aliphatic rings. The third-order valence-corrected chi connectivity index (χ3v) is 5.85. The van der Waals surface area contributed by atoms with Gasteiger partial charge >= 0.3 is 0 Å². The molecule has 2 aromatic rings. The van der Waals surface area contributed by atoms with Gasteiger partial charge in [-0.1, -0.05) is 33.0 Å². The minimum Gasteiger partial charge on any atom is -0.494 e. The number of nitrogens with zero attached hydrogens (tertiary/aromatic N) is 3. The number of pyridine rings is 1. The molecular formula is C19H31N3O2Si. The van der Waals surface area contributed by atoms with Crippen LogP contribution in [0.2, 0.25) is 25.7 Å². The van der Waals surface area contributed by atoms with Crippen LogP contribution in [0.4, 0.5) is 0 Å². The van der Waals surface area contributed by atoms with Crippen LogP contribution < -0.4 is 4.74 Å². The van der Waals surface area contributed by atoms with E-state index in [1.807, 2.05) is 18.3 Å². The standard InChI is InChI=1S/C19H31N3O2Si/c1-6-7-10-18-21-14-16(19-17(23-2)9-8-11-20-19)22(18)15-24-12-13-25(3,4)5/h8-9,11,14H,6-7,10,12-13,15H2,1-5H3. The van der Waals surface area contributed by atoms with Crippen LogP contribution in [0.5, 0.6) is 5.75 Å². The molecule has 0 unspecified atom stereocenters. The van der Waals surface area contributed by atoms with Crippen molar-refractivity contribution in [2.24, 2.45) is 0 Å². The predicted molar refractivity (Wildman–Crippen MR) is 105 cm³/mol. The van der Waals surface area contributed by atoms with E-state index in [4.69, 9.17) is 9.47 Å². The molecule has 0 radical (unpaired) electrons. The molecule has 138 valence electrons. The van der Waals surface area contributed by atoms with Gasteiger partial charge in [-0.05, 0) is 24.6 Å². The van der Waals surface area contributed by atoms with Crippen molar-refractivity contribution in [3.8, 4) is 17.1 Å². The zero-order valence-electron chi connectivity index (χ0n) is 16.2. The third-order valence-electron chi connectivity index (χ3n) is 4.14. The molecule has 0 saturated heterocycles. The zero-order valence-corrected chi connectivity index (χ0v) is 17.2. The zero-order chi connectivity index (χ0) is 18.3. The summed E-state index contributed by atoms with van der Waals surface area (Å²) < 4.78 is 13.6. The van der Waals surface area contributed by atoms with Crippen LogP contribution in [0.25, 0.3) is 11.4 Å². The Kier molecular flexibility index (Phi) is 7.20. The second-order valence-electron chi connectivity index (χ2n) is 7.49. The molecule has 25 heavy (non-hydrogen) atoms. The quantitative estimate of drug-likeness (QED) is 0.458. The van der Waals surface area contributed by atoms with Crippen molar-refractivity contribution < 1.29 is 9.47 Å². The lowest BCUT2D eigenvalue weighted by atomic mass is 10.2. The Hall–Kier alpha value is -1.66. The van der Waals surface area contributed by atoms with Crippen LogP contribution >= 0.6 is 0 Å². The number of ether oxygens (including phenoxy) is 2. The third kappa shape index (κ3) is 5.68. The van der Waals surface area contributed by atoms with Crippen LogP contribution in [0.1, 0.15) is 25.6 Å². The minimum absolute atomic E-state index is 0.512. The van der Waals surface area contributed by atoms with Gasteiger partial charge in [0.2, 0.25) is 0 Å². The molecule has 0 aliphatic carbocycles. The summed E-state index contributed by atoms with van der Waals surface area (Å²) >= 11 is 0. The first-order valence-electron chi connectivity index (χ1n) is 9.08. The monoisotopic (exact) mass is 361 g/mol. The minimum atomic E-state index is -1.09. The first-order valence-corrected chi connectivity index (χ1v) is 12.8. The highest BCUT2D eigenvalue weighted by Gasteiger charge is 2.17. The summed E-state index contributed by atoms with van der Waals surface area (Å²) in [6, 6.07) is 4.97. The number of hydrogen-bond acceptors (Lipinski definition) is 4. The van der Waals surface area contributed by atoms with E-state index in [-0.39, 0.29) is 0 Å². The molecule has 0 N–H and O–H groups in total. The molecule has 6 heteroatoms. The number of aromatic nitrogens is 3. The Balaban J connectivity index is 2.22. The second kappa shape index (κ2) is 9.15. The maximum Gasteiger partial charge on any atom is 0.146 e. The van der Waals surface area contributed by atoms with E-state index >= 15 is 0 Å². The van der Waals surface area contributed by atoms with Crippen molar-refractivity contribution >= 4 is 8.07 Å².